The Morgan fingerprint density at radius 2 is 2.20 bits per heavy atom. The van der Waals surface area contributed by atoms with Crippen LogP contribution in [0.2, 0.25) is 0 Å². The average Bonchev–Trinajstić information content (AvgIpc) is 2.59. The van der Waals surface area contributed by atoms with Gasteiger partial charge in [-0.05, 0) is 31.4 Å². The predicted octanol–water partition coefficient (Wildman–Crippen LogP) is 2.11. The molecule has 2 aliphatic rings. The predicted molar refractivity (Wildman–Crippen MR) is 46.0 cm³/mol. The van der Waals surface area contributed by atoms with Crippen LogP contribution >= 0.6 is 11.8 Å². The fraction of sp³-hybridized carbons (Fsp3) is 0.750. The van der Waals surface area contributed by atoms with Gasteiger partial charge in [0.2, 0.25) is 0 Å². The summed E-state index contributed by atoms with van der Waals surface area (Å²) in [4.78, 5) is 1.65. The summed E-state index contributed by atoms with van der Waals surface area (Å²) in [6.07, 6.45) is 5.39. The summed E-state index contributed by atoms with van der Waals surface area (Å²) in [7, 11) is 0. The molecule has 0 spiro atoms. The van der Waals surface area contributed by atoms with Crippen molar-refractivity contribution < 1.29 is 0 Å². The minimum atomic E-state index is 1.21. The van der Waals surface area contributed by atoms with Gasteiger partial charge in [0.15, 0.2) is 0 Å². The van der Waals surface area contributed by atoms with E-state index in [0.29, 0.717) is 0 Å². The summed E-state index contributed by atoms with van der Waals surface area (Å²) in [5, 5.41) is 3.46. The fourth-order valence-electron chi connectivity index (χ4n) is 1.57. The number of thioether (sulfide) groups is 1. The molecular weight excluding hydrogens is 142 g/mol. The van der Waals surface area contributed by atoms with E-state index in [1.54, 1.807) is 10.6 Å². The highest BCUT2D eigenvalue weighted by atomic mass is 32.2. The van der Waals surface area contributed by atoms with Crippen LogP contribution in [0.3, 0.4) is 0 Å². The highest BCUT2D eigenvalue weighted by Gasteiger charge is 2.15. The second-order valence-electron chi connectivity index (χ2n) is 2.88. The molecule has 1 N–H and O–H groups in total. The molecule has 0 saturated carbocycles. The summed E-state index contributed by atoms with van der Waals surface area (Å²) in [6, 6.07) is 0. The Hall–Kier alpha value is -0.110. The molecule has 0 unspecified atom stereocenters. The number of nitrogens with one attached hydrogen (secondary N) is 1. The lowest BCUT2D eigenvalue weighted by atomic mass is 10.2. The van der Waals surface area contributed by atoms with Crippen molar-refractivity contribution in [2.75, 3.05) is 12.3 Å². The Balaban J connectivity index is 2.10. The van der Waals surface area contributed by atoms with Gasteiger partial charge in [-0.25, -0.2) is 0 Å². The molecule has 10 heavy (non-hydrogen) atoms. The maximum Gasteiger partial charge on any atom is 0.0204 e. The van der Waals surface area contributed by atoms with Crippen molar-refractivity contribution in [3.05, 3.63) is 10.6 Å². The highest BCUT2D eigenvalue weighted by Crippen LogP contribution is 2.34. The highest BCUT2D eigenvalue weighted by molar-refractivity contribution is 8.03. The average molecular weight is 155 g/mol. The second kappa shape index (κ2) is 2.87. The monoisotopic (exact) mass is 155 g/mol. The topological polar surface area (TPSA) is 12.0 Å². The van der Waals surface area contributed by atoms with Gasteiger partial charge in [-0.1, -0.05) is 0 Å². The van der Waals surface area contributed by atoms with E-state index >= 15 is 0 Å². The molecule has 2 heterocycles. The fourth-order valence-corrected chi connectivity index (χ4v) is 2.74. The first-order valence-corrected chi connectivity index (χ1v) is 5.04. The number of hydrogen-bond acceptors (Lipinski definition) is 2. The first-order chi connectivity index (χ1) is 4.97. The lowest BCUT2D eigenvalue weighted by Gasteiger charge is -2.01. The van der Waals surface area contributed by atoms with Crippen LogP contribution in [0.15, 0.2) is 10.6 Å². The van der Waals surface area contributed by atoms with E-state index in [0.717, 1.165) is 0 Å². The van der Waals surface area contributed by atoms with Crippen molar-refractivity contribution in [3.8, 4) is 0 Å². The number of allylic oxidation sites excluding steroid dienone is 2. The van der Waals surface area contributed by atoms with Crippen molar-refractivity contribution in [1.29, 1.82) is 0 Å². The first kappa shape index (κ1) is 6.59. The van der Waals surface area contributed by atoms with Crippen molar-refractivity contribution >= 4 is 11.8 Å². The summed E-state index contributed by atoms with van der Waals surface area (Å²) in [5.74, 6) is 1.35. The van der Waals surface area contributed by atoms with E-state index < -0.39 is 0 Å². The van der Waals surface area contributed by atoms with E-state index in [1.165, 1.54) is 38.0 Å². The Kier molecular flexibility index (Phi) is 1.89. The van der Waals surface area contributed by atoms with Crippen molar-refractivity contribution in [2.45, 2.75) is 25.7 Å². The molecule has 1 nitrogen and oxygen atoms in total. The maximum absolute atomic E-state index is 3.46. The molecule has 2 saturated heterocycles. The molecule has 0 aromatic heterocycles. The van der Waals surface area contributed by atoms with Crippen LogP contribution in [0.5, 0.6) is 0 Å². The maximum atomic E-state index is 3.46. The van der Waals surface area contributed by atoms with Crippen molar-refractivity contribution in [2.24, 2.45) is 0 Å². The van der Waals surface area contributed by atoms with Gasteiger partial charge in [-0.3, -0.25) is 0 Å². The molecule has 2 fully saturated rings. The first-order valence-electron chi connectivity index (χ1n) is 4.05. The lowest BCUT2D eigenvalue weighted by Crippen LogP contribution is -2.04. The zero-order valence-electron chi connectivity index (χ0n) is 6.15. The second-order valence-corrected chi connectivity index (χ2v) is 4.07. The van der Waals surface area contributed by atoms with Gasteiger partial charge in [-0.2, -0.15) is 0 Å². The van der Waals surface area contributed by atoms with Gasteiger partial charge in [-0.15, -0.1) is 11.8 Å². The zero-order chi connectivity index (χ0) is 6.81. The third kappa shape index (κ3) is 1.17. The van der Waals surface area contributed by atoms with E-state index in [2.05, 4.69) is 17.1 Å². The van der Waals surface area contributed by atoms with Crippen LogP contribution in [0.1, 0.15) is 25.7 Å². The molecule has 2 rings (SSSR count). The van der Waals surface area contributed by atoms with Gasteiger partial charge >= 0.3 is 0 Å². The quantitative estimate of drug-likeness (QED) is 0.575. The smallest absolute Gasteiger partial charge is 0.0204 e. The molecule has 0 amide bonds. The molecule has 0 bridgehead atoms. The standard InChI is InChI=1S/C8H13NS/c1-3-7(9-5-1)8-4-2-6-10-8/h9H,1-6H2. The van der Waals surface area contributed by atoms with Crippen molar-refractivity contribution in [1.82, 2.24) is 5.32 Å². The summed E-state index contributed by atoms with van der Waals surface area (Å²) < 4.78 is 0. The molecule has 2 heteroatoms. The molecule has 0 aliphatic carbocycles. The Morgan fingerprint density at radius 3 is 2.80 bits per heavy atom. The molecule has 0 atom stereocenters. The van der Waals surface area contributed by atoms with Crippen LogP contribution in [-0.4, -0.2) is 12.3 Å². The minimum absolute atomic E-state index is 1.21. The Morgan fingerprint density at radius 1 is 1.20 bits per heavy atom. The largest absolute Gasteiger partial charge is 0.388 e. The van der Waals surface area contributed by atoms with Crippen molar-refractivity contribution in [3.63, 3.8) is 0 Å². The molecule has 0 radical (unpaired) electrons. The van der Waals surface area contributed by atoms with Gasteiger partial charge in [0.25, 0.3) is 0 Å². The van der Waals surface area contributed by atoms with Crippen LogP contribution in [-0.2, 0) is 0 Å². The molecule has 56 valence electrons. The number of rotatable bonds is 0. The van der Waals surface area contributed by atoms with Crippen LogP contribution in [0, 0.1) is 0 Å². The Labute approximate surface area is 66.3 Å². The SMILES string of the molecule is C1CNC(=C2CCCS2)C1. The van der Waals surface area contributed by atoms with Gasteiger partial charge in [0, 0.05) is 17.1 Å². The normalized spacial score (nSPS) is 32.8. The molecule has 0 aromatic rings. The van der Waals surface area contributed by atoms with E-state index in [4.69, 9.17) is 0 Å². The molecular formula is C8H13NS. The third-order valence-electron chi connectivity index (χ3n) is 2.10. The minimum Gasteiger partial charge on any atom is -0.388 e. The number of hydrogen-bond donors (Lipinski definition) is 1. The zero-order valence-corrected chi connectivity index (χ0v) is 6.97. The van der Waals surface area contributed by atoms with Crippen LogP contribution < -0.4 is 5.32 Å². The summed E-state index contributed by atoms with van der Waals surface area (Å²) in [6.45, 7) is 1.21. The summed E-state index contributed by atoms with van der Waals surface area (Å²) >= 11 is 2.06. The Bertz CT molecular complexity index is 129. The molecule has 2 aliphatic heterocycles. The third-order valence-corrected chi connectivity index (χ3v) is 3.39. The van der Waals surface area contributed by atoms with Crippen LogP contribution in [0.4, 0.5) is 0 Å². The summed E-state index contributed by atoms with van der Waals surface area (Å²) in [5.41, 5.74) is 1.56. The van der Waals surface area contributed by atoms with Gasteiger partial charge in [0.05, 0.1) is 0 Å². The molecule has 0 aromatic carbocycles. The van der Waals surface area contributed by atoms with Gasteiger partial charge in [0.1, 0.15) is 0 Å². The van der Waals surface area contributed by atoms with E-state index in [9.17, 15) is 0 Å². The van der Waals surface area contributed by atoms with Gasteiger partial charge < -0.3 is 5.32 Å². The van der Waals surface area contributed by atoms with Crippen LogP contribution in [0.25, 0.3) is 0 Å². The van der Waals surface area contributed by atoms with E-state index in [1.807, 2.05) is 0 Å². The van der Waals surface area contributed by atoms with E-state index in [-0.39, 0.29) is 0 Å². The lowest BCUT2D eigenvalue weighted by molar-refractivity contribution is 0.896.